The van der Waals surface area contributed by atoms with E-state index in [1.807, 2.05) is 13.8 Å². The van der Waals surface area contributed by atoms with Crippen molar-refractivity contribution >= 4 is 7.82 Å². The Morgan fingerprint density at radius 2 is 2.00 bits per heavy atom. The summed E-state index contributed by atoms with van der Waals surface area (Å²) in [6.45, 7) is 8.04. The molecule has 6 nitrogen and oxygen atoms in total. The van der Waals surface area contributed by atoms with E-state index >= 15 is 0 Å². The minimum Gasteiger partial charge on any atom is -0.376 e. The van der Waals surface area contributed by atoms with Crippen LogP contribution in [-0.2, 0) is 23.1 Å². The summed E-state index contributed by atoms with van der Waals surface area (Å²) in [4.78, 5) is 9.56. The predicted molar refractivity (Wildman–Crippen MR) is 66.4 cm³/mol. The summed E-state index contributed by atoms with van der Waals surface area (Å²) < 4.78 is 32.5. The second-order valence-electron chi connectivity index (χ2n) is 4.85. The molecule has 0 saturated carbocycles. The van der Waals surface area contributed by atoms with Crippen LogP contribution in [-0.4, -0.2) is 42.5 Å². The first-order valence-electron chi connectivity index (χ1n) is 6.23. The molecule has 1 rings (SSSR count). The van der Waals surface area contributed by atoms with Gasteiger partial charge in [0.2, 0.25) is 0 Å². The zero-order valence-electron chi connectivity index (χ0n) is 11.4. The summed E-state index contributed by atoms with van der Waals surface area (Å²) in [6.07, 6.45) is -0.490. The third-order valence-corrected chi connectivity index (χ3v) is 3.58. The summed E-state index contributed by atoms with van der Waals surface area (Å²) in [5.74, 6) is 0. The summed E-state index contributed by atoms with van der Waals surface area (Å²) in [5, 5.41) is 0. The van der Waals surface area contributed by atoms with E-state index in [2.05, 4.69) is 0 Å². The van der Waals surface area contributed by atoms with Crippen molar-refractivity contribution in [3.63, 3.8) is 0 Å². The van der Waals surface area contributed by atoms with Gasteiger partial charge in [-0.25, -0.2) is 4.57 Å². The molecule has 3 atom stereocenters. The fourth-order valence-electron chi connectivity index (χ4n) is 1.65. The van der Waals surface area contributed by atoms with E-state index in [1.54, 1.807) is 13.8 Å². The third-order valence-electron chi connectivity index (χ3n) is 2.36. The van der Waals surface area contributed by atoms with Crippen molar-refractivity contribution in [3.05, 3.63) is 0 Å². The second-order valence-corrected chi connectivity index (χ2v) is 6.21. The molecule has 0 aromatic rings. The Kier molecular flexibility index (Phi) is 6.24. The highest BCUT2D eigenvalue weighted by molar-refractivity contribution is 7.47. The van der Waals surface area contributed by atoms with Gasteiger partial charge in [0.1, 0.15) is 12.2 Å². The molecule has 108 valence electrons. The smallest absolute Gasteiger partial charge is 0.376 e. The fourth-order valence-corrected chi connectivity index (χ4v) is 2.82. The first kappa shape index (κ1) is 16.1. The highest BCUT2D eigenvalue weighted by Crippen LogP contribution is 2.47. The average molecular weight is 282 g/mol. The van der Waals surface area contributed by atoms with Gasteiger partial charge in [-0.15, -0.1) is 0 Å². The molecule has 1 heterocycles. The van der Waals surface area contributed by atoms with Gasteiger partial charge in [0, 0.05) is 13.0 Å². The maximum absolute atomic E-state index is 11.7. The minimum absolute atomic E-state index is 0.0858. The van der Waals surface area contributed by atoms with Crippen LogP contribution in [0.1, 0.15) is 34.1 Å². The van der Waals surface area contributed by atoms with Gasteiger partial charge in [-0.2, -0.15) is 0 Å². The van der Waals surface area contributed by atoms with E-state index in [1.165, 1.54) is 0 Å². The van der Waals surface area contributed by atoms with Crippen molar-refractivity contribution in [3.8, 4) is 0 Å². The fraction of sp³-hybridized carbons (Fsp3) is 1.00. The zero-order valence-corrected chi connectivity index (χ0v) is 12.3. The van der Waals surface area contributed by atoms with Crippen LogP contribution in [0.2, 0.25) is 0 Å². The minimum atomic E-state index is -4.02. The van der Waals surface area contributed by atoms with Gasteiger partial charge in [-0.1, -0.05) is 0 Å². The van der Waals surface area contributed by atoms with E-state index in [4.69, 9.17) is 18.5 Å². The maximum atomic E-state index is 11.7. The molecule has 18 heavy (non-hydrogen) atoms. The molecule has 1 N–H and O–H groups in total. The first-order chi connectivity index (χ1) is 8.30. The van der Waals surface area contributed by atoms with Gasteiger partial charge in [-0.3, -0.25) is 9.05 Å². The lowest BCUT2D eigenvalue weighted by atomic mass is 10.2. The van der Waals surface area contributed by atoms with Crippen molar-refractivity contribution in [2.45, 2.75) is 58.5 Å². The monoisotopic (exact) mass is 282 g/mol. The second kappa shape index (κ2) is 6.98. The molecular weight excluding hydrogens is 259 g/mol. The number of phosphoric ester groups is 1. The molecule has 0 aromatic heterocycles. The topological polar surface area (TPSA) is 74.2 Å². The molecule has 0 spiro atoms. The van der Waals surface area contributed by atoms with Crippen LogP contribution < -0.4 is 0 Å². The van der Waals surface area contributed by atoms with Crippen LogP contribution in [0.3, 0.4) is 0 Å². The molecule has 0 aliphatic carbocycles. The molecular formula is C11H23O6P. The van der Waals surface area contributed by atoms with E-state index in [9.17, 15) is 9.46 Å². The van der Waals surface area contributed by atoms with Gasteiger partial charge in [-0.05, 0) is 27.7 Å². The SMILES string of the molecule is CC(C)OC[C@H]1OCC[C@H]1OP(=O)(O)OC(C)C. The Labute approximate surface area is 108 Å². The largest absolute Gasteiger partial charge is 0.472 e. The Morgan fingerprint density at radius 1 is 1.33 bits per heavy atom. The number of phosphoric acid groups is 1. The van der Waals surface area contributed by atoms with E-state index in [-0.39, 0.29) is 18.3 Å². The molecule has 1 fully saturated rings. The standard InChI is InChI=1S/C11H23O6P/c1-8(2)15-7-11-10(5-6-14-11)17-18(12,13)16-9(3)4/h8-11H,5-7H2,1-4H3,(H,12,13)/t10-,11-/m1/s1. The Bertz CT molecular complexity index is 293. The quantitative estimate of drug-likeness (QED) is 0.721. The van der Waals surface area contributed by atoms with Crippen molar-refractivity contribution < 1.29 is 28.0 Å². The summed E-state index contributed by atoms with van der Waals surface area (Å²) in [6, 6.07) is 0. The number of rotatable bonds is 7. The molecule has 1 saturated heterocycles. The molecule has 1 unspecified atom stereocenters. The van der Waals surface area contributed by atoms with E-state index < -0.39 is 13.9 Å². The highest BCUT2D eigenvalue weighted by Gasteiger charge is 2.36. The Hall–Kier alpha value is 0.0300. The van der Waals surface area contributed by atoms with E-state index in [0.29, 0.717) is 19.6 Å². The normalized spacial score (nSPS) is 27.9. The van der Waals surface area contributed by atoms with Crippen molar-refractivity contribution in [1.82, 2.24) is 0 Å². The van der Waals surface area contributed by atoms with Crippen LogP contribution in [0.25, 0.3) is 0 Å². The molecule has 7 heteroatoms. The van der Waals surface area contributed by atoms with Crippen molar-refractivity contribution in [2.75, 3.05) is 13.2 Å². The van der Waals surface area contributed by atoms with E-state index in [0.717, 1.165) is 0 Å². The van der Waals surface area contributed by atoms with Gasteiger partial charge < -0.3 is 14.4 Å². The number of ether oxygens (including phenoxy) is 2. The molecule has 0 amide bonds. The average Bonchev–Trinajstić information content (AvgIpc) is 2.59. The maximum Gasteiger partial charge on any atom is 0.472 e. The van der Waals surface area contributed by atoms with Crippen molar-refractivity contribution in [1.29, 1.82) is 0 Å². The Morgan fingerprint density at radius 3 is 2.56 bits per heavy atom. The lowest BCUT2D eigenvalue weighted by molar-refractivity contribution is -0.0431. The van der Waals surface area contributed by atoms with Crippen LogP contribution in [0.4, 0.5) is 0 Å². The van der Waals surface area contributed by atoms with Gasteiger partial charge in [0.25, 0.3) is 0 Å². The summed E-state index contributed by atoms with van der Waals surface area (Å²) in [5.41, 5.74) is 0. The first-order valence-corrected chi connectivity index (χ1v) is 7.72. The van der Waals surface area contributed by atoms with Crippen molar-refractivity contribution in [2.24, 2.45) is 0 Å². The summed E-state index contributed by atoms with van der Waals surface area (Å²) in [7, 11) is -4.02. The van der Waals surface area contributed by atoms with Gasteiger partial charge in [0.05, 0.1) is 18.8 Å². The molecule has 0 aromatic carbocycles. The van der Waals surface area contributed by atoms with Crippen LogP contribution in [0.15, 0.2) is 0 Å². The Balaban J connectivity index is 2.46. The van der Waals surface area contributed by atoms with Gasteiger partial charge >= 0.3 is 7.82 Å². The third kappa shape index (κ3) is 5.78. The zero-order chi connectivity index (χ0) is 13.8. The lowest BCUT2D eigenvalue weighted by Crippen LogP contribution is -2.30. The van der Waals surface area contributed by atoms with Crippen LogP contribution in [0, 0.1) is 0 Å². The number of hydrogen-bond acceptors (Lipinski definition) is 5. The lowest BCUT2D eigenvalue weighted by Gasteiger charge is -2.23. The number of hydrogen-bond donors (Lipinski definition) is 1. The van der Waals surface area contributed by atoms with Crippen LogP contribution >= 0.6 is 7.82 Å². The summed E-state index contributed by atoms with van der Waals surface area (Å²) >= 11 is 0. The van der Waals surface area contributed by atoms with Crippen LogP contribution in [0.5, 0.6) is 0 Å². The highest BCUT2D eigenvalue weighted by atomic mass is 31.2. The molecule has 1 aliphatic rings. The predicted octanol–water partition coefficient (Wildman–Crippen LogP) is 2.11. The molecule has 1 aliphatic heterocycles. The molecule has 0 radical (unpaired) electrons. The van der Waals surface area contributed by atoms with Gasteiger partial charge in [0.15, 0.2) is 0 Å². The molecule has 0 bridgehead atoms.